The van der Waals surface area contributed by atoms with Gasteiger partial charge in [0, 0.05) is 12.1 Å². The average Bonchev–Trinajstić information content (AvgIpc) is 2.25. The van der Waals surface area contributed by atoms with Gasteiger partial charge in [0.25, 0.3) is 0 Å². The van der Waals surface area contributed by atoms with E-state index in [4.69, 9.17) is 14.2 Å². The van der Waals surface area contributed by atoms with Crippen LogP contribution < -0.4 is 14.2 Å². The summed E-state index contributed by atoms with van der Waals surface area (Å²) in [5, 5.41) is 0. The molecule has 0 saturated heterocycles. The van der Waals surface area contributed by atoms with Gasteiger partial charge in [0.15, 0.2) is 21.3 Å². The van der Waals surface area contributed by atoms with E-state index >= 15 is 0 Å². The van der Waals surface area contributed by atoms with Gasteiger partial charge in [0.1, 0.15) is 0 Å². The lowest BCUT2D eigenvalue weighted by Crippen LogP contribution is -2.00. The largest absolute Gasteiger partial charge is 0.493 e. The second-order valence-corrected chi connectivity index (χ2v) is 4.68. The fraction of sp³-hybridized carbons (Fsp3) is 0.300. The van der Waals surface area contributed by atoms with Crippen molar-refractivity contribution in [2.75, 3.05) is 21.3 Å². The number of benzene rings is 1. The molecule has 1 aromatic carbocycles. The van der Waals surface area contributed by atoms with Crippen molar-refractivity contribution in [1.82, 2.24) is 0 Å². The molecule has 0 aliphatic rings. The van der Waals surface area contributed by atoms with Crippen molar-refractivity contribution in [1.29, 1.82) is 0 Å². The van der Waals surface area contributed by atoms with Gasteiger partial charge in [0.05, 0.1) is 32.5 Å². The van der Waals surface area contributed by atoms with Gasteiger partial charge in [-0.2, -0.15) is 0 Å². The van der Waals surface area contributed by atoms with E-state index in [1.807, 2.05) is 0 Å². The van der Waals surface area contributed by atoms with Crippen LogP contribution in [0, 0.1) is 6.26 Å². The van der Waals surface area contributed by atoms with Crippen molar-refractivity contribution in [3.8, 4) is 17.2 Å². The topological polar surface area (TPSA) is 61.8 Å². The van der Waals surface area contributed by atoms with E-state index in [1.54, 1.807) is 0 Å². The molecule has 0 spiro atoms. The molecule has 0 aliphatic carbocycles. The second kappa shape index (κ2) is 4.61. The summed E-state index contributed by atoms with van der Waals surface area (Å²) in [6.07, 6.45) is 3.07. The van der Waals surface area contributed by atoms with Gasteiger partial charge in [-0.25, -0.2) is 8.42 Å². The highest BCUT2D eigenvalue weighted by Gasteiger charge is 2.17. The molecular formula is C10H13O5S. The van der Waals surface area contributed by atoms with Crippen LogP contribution in [0.25, 0.3) is 0 Å². The predicted molar refractivity (Wildman–Crippen MR) is 58.6 cm³/mol. The minimum atomic E-state index is -3.56. The number of hydrogen-bond donors (Lipinski definition) is 0. The summed E-state index contributed by atoms with van der Waals surface area (Å²) in [6.45, 7) is 0. The summed E-state index contributed by atoms with van der Waals surface area (Å²) >= 11 is 0. The first-order valence-electron chi connectivity index (χ1n) is 4.32. The molecule has 1 radical (unpaired) electrons. The SMILES string of the molecule is [CH2]S(=O)(=O)c1cc(OC)c(OC)c(OC)c1. The molecule has 6 heteroatoms. The van der Waals surface area contributed by atoms with Crippen LogP contribution in [0.1, 0.15) is 0 Å². The van der Waals surface area contributed by atoms with Gasteiger partial charge in [-0.3, -0.25) is 0 Å². The van der Waals surface area contributed by atoms with E-state index in [0.29, 0.717) is 5.75 Å². The zero-order valence-electron chi connectivity index (χ0n) is 9.31. The number of sulfone groups is 1. The summed E-state index contributed by atoms with van der Waals surface area (Å²) in [6, 6.07) is 2.67. The van der Waals surface area contributed by atoms with Crippen molar-refractivity contribution < 1.29 is 22.6 Å². The zero-order valence-corrected chi connectivity index (χ0v) is 10.1. The molecule has 0 atom stereocenters. The first-order chi connectivity index (χ1) is 7.43. The van der Waals surface area contributed by atoms with Crippen LogP contribution in [0.4, 0.5) is 0 Å². The fourth-order valence-electron chi connectivity index (χ4n) is 1.24. The summed E-state index contributed by atoms with van der Waals surface area (Å²) in [5.74, 6) is 0.908. The number of hydrogen-bond acceptors (Lipinski definition) is 5. The lowest BCUT2D eigenvalue weighted by atomic mass is 10.3. The third-order valence-corrected chi connectivity index (χ3v) is 2.95. The first kappa shape index (κ1) is 12.6. The zero-order chi connectivity index (χ0) is 12.3. The Kier molecular flexibility index (Phi) is 3.64. The van der Waals surface area contributed by atoms with Gasteiger partial charge in [-0.15, -0.1) is 0 Å². The Hall–Kier alpha value is -1.43. The van der Waals surface area contributed by atoms with Crippen LogP contribution in [0.2, 0.25) is 0 Å². The van der Waals surface area contributed by atoms with E-state index in [2.05, 4.69) is 6.26 Å². The van der Waals surface area contributed by atoms with Crippen molar-refractivity contribution >= 4 is 9.84 Å². The maximum Gasteiger partial charge on any atom is 0.203 e. The standard InChI is InChI=1S/C10H13O5S/c1-13-8-5-7(16(4,11)12)6-9(14-2)10(8)15-3/h5-6H,4H2,1-3H3. The third-order valence-electron chi connectivity index (χ3n) is 2.00. The Morgan fingerprint density at radius 1 is 1.00 bits per heavy atom. The fourth-order valence-corrected chi connectivity index (χ4v) is 1.81. The van der Waals surface area contributed by atoms with Crippen molar-refractivity contribution in [3.05, 3.63) is 18.4 Å². The minimum absolute atomic E-state index is 0.0157. The summed E-state index contributed by atoms with van der Waals surface area (Å²) in [7, 11) is 0.712. The number of ether oxygens (including phenoxy) is 3. The van der Waals surface area contributed by atoms with Gasteiger partial charge in [-0.05, 0) is 0 Å². The normalized spacial score (nSPS) is 11.0. The molecule has 0 heterocycles. The molecule has 1 aromatic rings. The average molecular weight is 245 g/mol. The van der Waals surface area contributed by atoms with Gasteiger partial charge < -0.3 is 14.2 Å². The van der Waals surface area contributed by atoms with E-state index in [0.717, 1.165) is 0 Å². The van der Waals surface area contributed by atoms with Gasteiger partial charge >= 0.3 is 0 Å². The molecule has 0 fully saturated rings. The predicted octanol–water partition coefficient (Wildman–Crippen LogP) is 1.28. The Labute approximate surface area is 94.9 Å². The lowest BCUT2D eigenvalue weighted by Gasteiger charge is -2.13. The Morgan fingerprint density at radius 3 is 1.69 bits per heavy atom. The minimum Gasteiger partial charge on any atom is -0.493 e. The van der Waals surface area contributed by atoms with E-state index in [9.17, 15) is 8.42 Å². The summed E-state index contributed by atoms with van der Waals surface area (Å²) < 4.78 is 37.7. The monoisotopic (exact) mass is 245 g/mol. The highest BCUT2D eigenvalue weighted by molar-refractivity contribution is 7.92. The quantitative estimate of drug-likeness (QED) is 0.799. The smallest absolute Gasteiger partial charge is 0.203 e. The third kappa shape index (κ3) is 2.38. The van der Waals surface area contributed by atoms with Crippen LogP contribution in [0.5, 0.6) is 17.2 Å². The molecule has 0 amide bonds. The summed E-state index contributed by atoms with van der Waals surface area (Å²) in [5.41, 5.74) is 0. The second-order valence-electron chi connectivity index (χ2n) is 2.98. The van der Waals surface area contributed by atoms with Crippen molar-refractivity contribution in [2.45, 2.75) is 4.90 Å². The maximum atomic E-state index is 11.3. The Bertz CT molecular complexity index is 453. The summed E-state index contributed by atoms with van der Waals surface area (Å²) in [4.78, 5) is 0.0157. The highest BCUT2D eigenvalue weighted by Crippen LogP contribution is 2.39. The molecule has 89 valence electrons. The van der Waals surface area contributed by atoms with Gasteiger partial charge in [-0.1, -0.05) is 0 Å². The van der Waals surface area contributed by atoms with Crippen molar-refractivity contribution in [3.63, 3.8) is 0 Å². The molecule has 0 aliphatic heterocycles. The molecular weight excluding hydrogens is 232 g/mol. The van der Waals surface area contributed by atoms with Crippen LogP contribution in [0.15, 0.2) is 17.0 Å². The highest BCUT2D eigenvalue weighted by atomic mass is 32.2. The molecule has 0 aromatic heterocycles. The number of methoxy groups -OCH3 is 3. The Morgan fingerprint density at radius 2 is 1.44 bits per heavy atom. The van der Waals surface area contributed by atoms with E-state index < -0.39 is 9.84 Å². The van der Waals surface area contributed by atoms with Crippen LogP contribution in [-0.2, 0) is 9.84 Å². The molecule has 1 rings (SSSR count). The van der Waals surface area contributed by atoms with Gasteiger partial charge in [0.2, 0.25) is 5.75 Å². The molecule has 0 saturated carbocycles. The molecule has 0 unspecified atom stereocenters. The molecule has 16 heavy (non-hydrogen) atoms. The molecule has 0 bridgehead atoms. The van der Waals surface area contributed by atoms with Crippen molar-refractivity contribution in [2.24, 2.45) is 0 Å². The van der Waals surface area contributed by atoms with E-state index in [-0.39, 0.29) is 16.4 Å². The first-order valence-corrected chi connectivity index (χ1v) is 5.97. The van der Waals surface area contributed by atoms with Crippen LogP contribution >= 0.6 is 0 Å². The number of rotatable bonds is 4. The van der Waals surface area contributed by atoms with Crippen LogP contribution in [-0.4, -0.2) is 29.7 Å². The maximum absolute atomic E-state index is 11.3. The molecule has 0 N–H and O–H groups in total. The Balaban J connectivity index is 3.49. The lowest BCUT2D eigenvalue weighted by molar-refractivity contribution is 0.323. The molecule has 5 nitrogen and oxygen atoms in total. The van der Waals surface area contributed by atoms with E-state index in [1.165, 1.54) is 33.5 Å². The van der Waals surface area contributed by atoms with Crippen LogP contribution in [0.3, 0.4) is 0 Å².